The molecule has 1 aromatic heterocycles. The molecule has 0 aliphatic carbocycles. The molecule has 0 atom stereocenters. The first-order valence-electron chi connectivity index (χ1n) is 4.07. The minimum Gasteiger partial charge on any atom is -0.412 e. The third-order valence-electron chi connectivity index (χ3n) is 1.83. The van der Waals surface area contributed by atoms with Crippen molar-refractivity contribution in [2.45, 2.75) is 6.42 Å². The minimum absolute atomic E-state index is 0.0718. The molecule has 0 spiro atoms. The van der Waals surface area contributed by atoms with Crippen LogP contribution >= 0.6 is 23.2 Å². The molecule has 1 heterocycles. The molecule has 2 aromatic rings. The molecule has 0 N–H and O–H groups in total. The third kappa shape index (κ3) is 2.27. The fourth-order valence-corrected chi connectivity index (χ4v) is 1.51. The predicted octanol–water partition coefficient (Wildman–Crippen LogP) is 3.11. The van der Waals surface area contributed by atoms with Crippen LogP contribution in [-0.2, 0) is 6.42 Å². The summed E-state index contributed by atoms with van der Waals surface area (Å²) in [5.41, 5.74) is 0.319. The van der Waals surface area contributed by atoms with Gasteiger partial charge in [0.05, 0.1) is 6.42 Å². The van der Waals surface area contributed by atoms with Gasteiger partial charge in [-0.15, -0.1) is 5.10 Å². The summed E-state index contributed by atoms with van der Waals surface area (Å²) in [6, 6.07) is 4.44. The number of benzene rings is 1. The van der Waals surface area contributed by atoms with E-state index in [1.54, 1.807) is 6.07 Å². The lowest BCUT2D eigenvalue weighted by Gasteiger charge is -2.01. The van der Waals surface area contributed by atoms with Crippen LogP contribution in [0.25, 0.3) is 0 Å². The van der Waals surface area contributed by atoms with Gasteiger partial charge < -0.3 is 4.42 Å². The van der Waals surface area contributed by atoms with E-state index in [1.807, 2.05) is 0 Å². The van der Waals surface area contributed by atoms with Crippen molar-refractivity contribution in [3.05, 3.63) is 45.8 Å². The number of halogens is 3. The first kappa shape index (κ1) is 10.4. The first-order chi connectivity index (χ1) is 7.16. The quantitative estimate of drug-likeness (QED) is 0.818. The summed E-state index contributed by atoms with van der Waals surface area (Å²) in [6.45, 7) is 0. The zero-order chi connectivity index (χ0) is 10.8. The van der Waals surface area contributed by atoms with Crippen molar-refractivity contribution in [1.29, 1.82) is 0 Å². The molecule has 0 amide bonds. The Kier molecular flexibility index (Phi) is 2.88. The lowest BCUT2D eigenvalue weighted by Crippen LogP contribution is -1.94. The van der Waals surface area contributed by atoms with Gasteiger partial charge in [0.2, 0.25) is 5.89 Å². The Bertz CT molecular complexity index is 466. The molecular weight excluding hydrogens is 242 g/mol. The molecular formula is C9H5Cl2FN2O. The predicted molar refractivity (Wildman–Crippen MR) is 53.5 cm³/mol. The Morgan fingerprint density at radius 1 is 1.27 bits per heavy atom. The SMILES string of the molecule is Fc1cccc(Cl)c1Cc1nnc(Cl)o1. The van der Waals surface area contributed by atoms with E-state index >= 15 is 0 Å². The van der Waals surface area contributed by atoms with E-state index in [2.05, 4.69) is 10.2 Å². The molecule has 0 unspecified atom stereocenters. The summed E-state index contributed by atoms with van der Waals surface area (Å²) in [7, 11) is 0. The Hall–Kier alpha value is -1.13. The minimum atomic E-state index is -0.406. The second-order valence-corrected chi connectivity index (χ2v) is 3.56. The standard InChI is InChI=1S/C9H5Cl2FN2O/c10-6-2-1-3-7(12)5(6)4-8-13-14-9(11)15-8/h1-3H,4H2. The van der Waals surface area contributed by atoms with Gasteiger partial charge in [-0.25, -0.2) is 4.39 Å². The van der Waals surface area contributed by atoms with Crippen LogP contribution in [0.15, 0.2) is 22.6 Å². The lowest BCUT2D eigenvalue weighted by molar-refractivity contribution is 0.501. The van der Waals surface area contributed by atoms with E-state index in [0.717, 1.165) is 0 Å². The Balaban J connectivity index is 2.31. The maximum atomic E-state index is 13.3. The maximum absolute atomic E-state index is 13.3. The molecule has 0 saturated carbocycles. The summed E-state index contributed by atoms with van der Waals surface area (Å²) < 4.78 is 18.3. The van der Waals surface area contributed by atoms with Crippen molar-refractivity contribution < 1.29 is 8.81 Å². The third-order valence-corrected chi connectivity index (χ3v) is 2.34. The molecule has 0 aliphatic heterocycles. The highest BCUT2D eigenvalue weighted by Gasteiger charge is 2.11. The average Bonchev–Trinajstić information content (AvgIpc) is 2.58. The molecule has 0 radical (unpaired) electrons. The molecule has 0 bridgehead atoms. The summed E-state index contributed by atoms with van der Waals surface area (Å²) in [6.07, 6.45) is 0.130. The van der Waals surface area contributed by atoms with Crippen molar-refractivity contribution in [2.24, 2.45) is 0 Å². The number of aromatic nitrogens is 2. The van der Waals surface area contributed by atoms with Crippen molar-refractivity contribution in [3.8, 4) is 0 Å². The van der Waals surface area contributed by atoms with E-state index in [9.17, 15) is 4.39 Å². The van der Waals surface area contributed by atoms with Crippen LogP contribution in [0, 0.1) is 5.82 Å². The van der Waals surface area contributed by atoms with Gasteiger partial charge >= 0.3 is 5.35 Å². The van der Waals surface area contributed by atoms with E-state index in [1.165, 1.54) is 12.1 Å². The molecule has 2 rings (SSSR count). The summed E-state index contributed by atoms with van der Waals surface area (Å²) >= 11 is 11.3. The van der Waals surface area contributed by atoms with Crippen molar-refractivity contribution >= 4 is 23.2 Å². The molecule has 3 nitrogen and oxygen atoms in total. The summed E-state index contributed by atoms with van der Waals surface area (Å²) in [5.74, 6) is -0.177. The molecule has 6 heteroatoms. The fourth-order valence-electron chi connectivity index (χ4n) is 1.16. The van der Waals surface area contributed by atoms with E-state index in [0.29, 0.717) is 10.6 Å². The van der Waals surface area contributed by atoms with E-state index in [4.69, 9.17) is 27.6 Å². The Morgan fingerprint density at radius 2 is 2.07 bits per heavy atom. The fraction of sp³-hybridized carbons (Fsp3) is 0.111. The highest BCUT2D eigenvalue weighted by atomic mass is 35.5. The molecule has 0 aliphatic rings. The Morgan fingerprint density at radius 3 is 2.67 bits per heavy atom. The van der Waals surface area contributed by atoms with Gasteiger partial charge in [-0.2, -0.15) is 0 Å². The van der Waals surface area contributed by atoms with Gasteiger partial charge in [-0.05, 0) is 23.7 Å². The van der Waals surface area contributed by atoms with Crippen molar-refractivity contribution in [1.82, 2.24) is 10.2 Å². The highest BCUT2D eigenvalue weighted by Crippen LogP contribution is 2.22. The number of rotatable bonds is 2. The zero-order valence-electron chi connectivity index (χ0n) is 7.38. The van der Waals surface area contributed by atoms with Gasteiger partial charge in [0.25, 0.3) is 0 Å². The van der Waals surface area contributed by atoms with Gasteiger partial charge in [0.1, 0.15) is 5.82 Å². The van der Waals surface area contributed by atoms with Crippen LogP contribution < -0.4 is 0 Å². The number of nitrogens with zero attached hydrogens (tertiary/aromatic N) is 2. The second-order valence-electron chi connectivity index (χ2n) is 2.83. The van der Waals surface area contributed by atoms with Gasteiger partial charge in [0.15, 0.2) is 0 Å². The monoisotopic (exact) mass is 246 g/mol. The summed E-state index contributed by atoms with van der Waals surface area (Å²) in [5, 5.41) is 7.33. The van der Waals surface area contributed by atoms with Crippen LogP contribution in [0.4, 0.5) is 4.39 Å². The summed E-state index contributed by atoms with van der Waals surface area (Å²) in [4.78, 5) is 0. The van der Waals surface area contributed by atoms with Crippen molar-refractivity contribution in [2.75, 3.05) is 0 Å². The number of hydrogen-bond acceptors (Lipinski definition) is 3. The zero-order valence-corrected chi connectivity index (χ0v) is 8.89. The van der Waals surface area contributed by atoms with Gasteiger partial charge in [0, 0.05) is 10.6 Å². The van der Waals surface area contributed by atoms with E-state index < -0.39 is 5.82 Å². The molecule has 0 saturated heterocycles. The van der Waals surface area contributed by atoms with Gasteiger partial charge in [-0.1, -0.05) is 22.8 Å². The van der Waals surface area contributed by atoms with Crippen LogP contribution in [-0.4, -0.2) is 10.2 Å². The molecule has 1 aromatic carbocycles. The second kappa shape index (κ2) is 4.16. The first-order valence-corrected chi connectivity index (χ1v) is 4.83. The largest absolute Gasteiger partial charge is 0.412 e. The van der Waals surface area contributed by atoms with Crippen molar-refractivity contribution in [3.63, 3.8) is 0 Å². The van der Waals surface area contributed by atoms with Crippen LogP contribution in [0.2, 0.25) is 10.4 Å². The smallest absolute Gasteiger partial charge is 0.312 e. The topological polar surface area (TPSA) is 38.9 Å². The lowest BCUT2D eigenvalue weighted by atomic mass is 10.1. The van der Waals surface area contributed by atoms with E-state index in [-0.39, 0.29) is 17.7 Å². The maximum Gasteiger partial charge on any atom is 0.312 e. The molecule has 15 heavy (non-hydrogen) atoms. The van der Waals surface area contributed by atoms with Crippen LogP contribution in [0.5, 0.6) is 0 Å². The highest BCUT2D eigenvalue weighted by molar-refractivity contribution is 6.31. The normalized spacial score (nSPS) is 10.6. The number of hydrogen-bond donors (Lipinski definition) is 0. The van der Waals surface area contributed by atoms with Crippen LogP contribution in [0.1, 0.15) is 11.5 Å². The average molecular weight is 247 g/mol. The molecule has 0 fully saturated rings. The van der Waals surface area contributed by atoms with Gasteiger partial charge in [-0.3, -0.25) is 0 Å². The molecule has 78 valence electrons. The Labute approximate surface area is 94.8 Å². The van der Waals surface area contributed by atoms with Crippen LogP contribution in [0.3, 0.4) is 0 Å².